The summed E-state index contributed by atoms with van der Waals surface area (Å²) in [6, 6.07) is 12.3. The van der Waals surface area contributed by atoms with Crippen molar-refractivity contribution in [1.29, 1.82) is 0 Å². The van der Waals surface area contributed by atoms with E-state index < -0.39 is 6.23 Å². The van der Waals surface area contributed by atoms with Crippen LogP contribution < -0.4 is 10.1 Å². The van der Waals surface area contributed by atoms with Gasteiger partial charge in [0, 0.05) is 5.56 Å². The van der Waals surface area contributed by atoms with Gasteiger partial charge in [-0.15, -0.1) is 0 Å². The Labute approximate surface area is 120 Å². The zero-order valence-corrected chi connectivity index (χ0v) is 11.2. The molecule has 96 valence electrons. The summed E-state index contributed by atoms with van der Waals surface area (Å²) in [6.07, 6.45) is -0.631. The number of benzene rings is 2. The molecule has 0 aliphatic carbocycles. The summed E-state index contributed by atoms with van der Waals surface area (Å²) in [4.78, 5) is 12.0. The van der Waals surface area contributed by atoms with Gasteiger partial charge in [0.2, 0.25) is 0 Å². The first-order valence-corrected chi connectivity index (χ1v) is 6.43. The molecule has 0 aromatic heterocycles. The number of hydrogen-bond donors (Lipinski definition) is 1. The quantitative estimate of drug-likeness (QED) is 0.868. The van der Waals surface area contributed by atoms with Crippen molar-refractivity contribution in [2.45, 2.75) is 6.23 Å². The molecular formula is C14H9Cl2NO2. The largest absolute Gasteiger partial charge is 0.466 e. The fourth-order valence-corrected chi connectivity index (χ4v) is 2.38. The van der Waals surface area contributed by atoms with E-state index in [0.717, 1.165) is 0 Å². The van der Waals surface area contributed by atoms with Crippen LogP contribution in [0.4, 0.5) is 0 Å². The molecule has 3 rings (SSSR count). The predicted molar refractivity (Wildman–Crippen MR) is 73.7 cm³/mol. The third-order valence-corrected chi connectivity index (χ3v) is 3.74. The van der Waals surface area contributed by atoms with E-state index in [1.165, 1.54) is 0 Å². The van der Waals surface area contributed by atoms with Crippen molar-refractivity contribution in [2.75, 3.05) is 0 Å². The lowest BCUT2D eigenvalue weighted by Gasteiger charge is -2.27. The SMILES string of the molecule is O=C1NC(c2cccc(Cl)c2Cl)Oc2ccccc21. The van der Waals surface area contributed by atoms with Crippen LogP contribution in [0.5, 0.6) is 5.75 Å². The molecule has 0 bridgehead atoms. The van der Waals surface area contributed by atoms with Crippen molar-refractivity contribution in [3.05, 3.63) is 63.6 Å². The highest BCUT2D eigenvalue weighted by atomic mass is 35.5. The molecule has 1 amide bonds. The van der Waals surface area contributed by atoms with E-state index in [-0.39, 0.29) is 5.91 Å². The predicted octanol–water partition coefficient (Wildman–Crippen LogP) is 3.81. The average molecular weight is 294 g/mol. The summed E-state index contributed by atoms with van der Waals surface area (Å²) >= 11 is 12.1. The second-order valence-corrected chi connectivity index (χ2v) is 4.90. The van der Waals surface area contributed by atoms with E-state index in [1.54, 1.807) is 36.4 Å². The van der Waals surface area contributed by atoms with Gasteiger partial charge in [0.1, 0.15) is 5.75 Å². The summed E-state index contributed by atoms with van der Waals surface area (Å²) in [6.45, 7) is 0. The van der Waals surface area contributed by atoms with Crippen LogP contribution in [0.3, 0.4) is 0 Å². The number of nitrogens with one attached hydrogen (secondary N) is 1. The first-order valence-electron chi connectivity index (χ1n) is 5.67. The van der Waals surface area contributed by atoms with Crippen LogP contribution in [-0.2, 0) is 0 Å². The third kappa shape index (κ3) is 2.15. The minimum Gasteiger partial charge on any atom is -0.466 e. The number of para-hydroxylation sites is 1. The summed E-state index contributed by atoms with van der Waals surface area (Å²) in [5.41, 5.74) is 1.15. The Hall–Kier alpha value is -1.71. The molecule has 5 heteroatoms. The number of ether oxygens (including phenoxy) is 1. The smallest absolute Gasteiger partial charge is 0.258 e. The van der Waals surface area contributed by atoms with Crippen LogP contribution >= 0.6 is 23.2 Å². The zero-order chi connectivity index (χ0) is 13.4. The fourth-order valence-electron chi connectivity index (χ4n) is 1.97. The Balaban J connectivity index is 2.02. The standard InChI is InChI=1S/C14H9Cl2NO2/c15-10-6-3-5-9(12(10)16)14-17-13(18)8-4-1-2-7-11(8)19-14/h1-7,14H,(H,17,18). The van der Waals surface area contributed by atoms with Gasteiger partial charge in [-0.1, -0.05) is 47.5 Å². The molecule has 1 aliphatic rings. The van der Waals surface area contributed by atoms with Crippen molar-refractivity contribution >= 4 is 29.1 Å². The lowest BCUT2D eigenvalue weighted by molar-refractivity contribution is 0.0756. The maximum Gasteiger partial charge on any atom is 0.258 e. The lowest BCUT2D eigenvalue weighted by atomic mass is 10.1. The Bertz CT molecular complexity index is 658. The Morgan fingerprint density at radius 1 is 1.05 bits per heavy atom. The molecule has 0 saturated heterocycles. The Morgan fingerprint density at radius 2 is 1.84 bits per heavy atom. The van der Waals surface area contributed by atoms with Crippen molar-refractivity contribution in [1.82, 2.24) is 5.32 Å². The van der Waals surface area contributed by atoms with Gasteiger partial charge in [-0.3, -0.25) is 4.79 Å². The molecule has 19 heavy (non-hydrogen) atoms. The van der Waals surface area contributed by atoms with E-state index in [1.807, 2.05) is 6.07 Å². The number of fused-ring (bicyclic) bond motifs is 1. The van der Waals surface area contributed by atoms with Crippen molar-refractivity contribution in [3.8, 4) is 5.75 Å². The fraction of sp³-hybridized carbons (Fsp3) is 0.0714. The van der Waals surface area contributed by atoms with E-state index in [4.69, 9.17) is 27.9 Å². The molecule has 0 radical (unpaired) electrons. The molecule has 1 heterocycles. The van der Waals surface area contributed by atoms with Gasteiger partial charge in [-0.05, 0) is 18.2 Å². The maximum absolute atomic E-state index is 12.0. The second-order valence-electron chi connectivity index (χ2n) is 4.11. The number of carbonyl (C=O) groups is 1. The monoisotopic (exact) mass is 293 g/mol. The molecule has 1 atom stereocenters. The Kier molecular flexibility index (Phi) is 3.09. The zero-order valence-electron chi connectivity index (χ0n) is 9.69. The Morgan fingerprint density at radius 3 is 2.68 bits per heavy atom. The summed E-state index contributed by atoms with van der Waals surface area (Å²) in [5, 5.41) is 3.56. The van der Waals surface area contributed by atoms with Crippen LogP contribution in [0.25, 0.3) is 0 Å². The maximum atomic E-state index is 12.0. The number of halogens is 2. The van der Waals surface area contributed by atoms with Gasteiger partial charge in [0.15, 0.2) is 6.23 Å². The molecule has 2 aromatic rings. The molecule has 1 N–H and O–H groups in total. The number of amides is 1. The summed E-state index contributed by atoms with van der Waals surface area (Å²) < 4.78 is 5.75. The highest BCUT2D eigenvalue weighted by Gasteiger charge is 2.27. The van der Waals surface area contributed by atoms with Crippen LogP contribution in [-0.4, -0.2) is 5.91 Å². The first kappa shape index (κ1) is 12.3. The van der Waals surface area contributed by atoms with Crippen LogP contribution in [0.1, 0.15) is 22.1 Å². The van der Waals surface area contributed by atoms with E-state index in [2.05, 4.69) is 5.32 Å². The molecular weight excluding hydrogens is 285 g/mol. The van der Waals surface area contributed by atoms with Gasteiger partial charge in [0.25, 0.3) is 5.91 Å². The molecule has 1 aliphatic heterocycles. The topological polar surface area (TPSA) is 38.3 Å². The van der Waals surface area contributed by atoms with Gasteiger partial charge in [0.05, 0.1) is 15.6 Å². The van der Waals surface area contributed by atoms with Crippen LogP contribution in [0.2, 0.25) is 10.0 Å². The molecule has 0 spiro atoms. The van der Waals surface area contributed by atoms with Crippen LogP contribution in [0, 0.1) is 0 Å². The summed E-state index contributed by atoms with van der Waals surface area (Å²) in [5.74, 6) is 0.343. The van der Waals surface area contributed by atoms with Crippen molar-refractivity contribution in [3.63, 3.8) is 0 Å². The minimum atomic E-state index is -0.631. The highest BCUT2D eigenvalue weighted by Crippen LogP contribution is 2.34. The van der Waals surface area contributed by atoms with Gasteiger partial charge in [-0.2, -0.15) is 0 Å². The van der Waals surface area contributed by atoms with Crippen molar-refractivity contribution < 1.29 is 9.53 Å². The lowest BCUT2D eigenvalue weighted by Crippen LogP contribution is -2.36. The first-order chi connectivity index (χ1) is 9.16. The average Bonchev–Trinajstić information content (AvgIpc) is 2.42. The van der Waals surface area contributed by atoms with Crippen molar-refractivity contribution in [2.24, 2.45) is 0 Å². The van der Waals surface area contributed by atoms with Gasteiger partial charge >= 0.3 is 0 Å². The number of carbonyl (C=O) groups excluding carboxylic acids is 1. The molecule has 0 saturated carbocycles. The van der Waals surface area contributed by atoms with E-state index >= 15 is 0 Å². The number of hydrogen-bond acceptors (Lipinski definition) is 2. The van der Waals surface area contributed by atoms with E-state index in [9.17, 15) is 4.79 Å². The highest BCUT2D eigenvalue weighted by molar-refractivity contribution is 6.42. The number of rotatable bonds is 1. The van der Waals surface area contributed by atoms with Gasteiger partial charge < -0.3 is 10.1 Å². The molecule has 0 fully saturated rings. The van der Waals surface area contributed by atoms with E-state index in [0.29, 0.717) is 26.9 Å². The second kappa shape index (κ2) is 4.76. The van der Waals surface area contributed by atoms with Crippen LogP contribution in [0.15, 0.2) is 42.5 Å². The molecule has 1 unspecified atom stereocenters. The normalized spacial score (nSPS) is 17.4. The van der Waals surface area contributed by atoms with Gasteiger partial charge in [-0.25, -0.2) is 0 Å². The molecule has 3 nitrogen and oxygen atoms in total. The molecule has 2 aromatic carbocycles. The summed E-state index contributed by atoms with van der Waals surface area (Å²) in [7, 11) is 0. The third-order valence-electron chi connectivity index (χ3n) is 2.90. The minimum absolute atomic E-state index is 0.192.